The molecule has 0 bridgehead atoms. The predicted molar refractivity (Wildman–Crippen MR) is 80.1 cm³/mol. The fourth-order valence-electron chi connectivity index (χ4n) is 3.34. The lowest BCUT2D eigenvalue weighted by Crippen LogP contribution is -2.61. The summed E-state index contributed by atoms with van der Waals surface area (Å²) in [5.74, 6) is -0.394. The van der Waals surface area contributed by atoms with Gasteiger partial charge in [0.2, 0.25) is 5.91 Å². The molecule has 2 amide bonds. The molecule has 1 aromatic rings. The number of nitrogens with zero attached hydrogens (tertiary/aromatic N) is 2. The van der Waals surface area contributed by atoms with Crippen molar-refractivity contribution in [3.63, 3.8) is 0 Å². The summed E-state index contributed by atoms with van der Waals surface area (Å²) in [6.07, 6.45) is 2.00. The quantitative estimate of drug-likeness (QED) is 0.820. The average Bonchev–Trinajstić information content (AvgIpc) is 3.10. The van der Waals surface area contributed by atoms with Crippen molar-refractivity contribution in [3.8, 4) is 0 Å². The number of H-pyrrole nitrogens is 1. The lowest BCUT2D eigenvalue weighted by atomic mass is 10.0. The van der Waals surface area contributed by atoms with E-state index >= 15 is 0 Å². The van der Waals surface area contributed by atoms with E-state index in [1.807, 2.05) is 0 Å². The van der Waals surface area contributed by atoms with Gasteiger partial charge in [-0.3, -0.25) is 9.59 Å². The monoisotopic (exact) mass is 325 g/mol. The summed E-state index contributed by atoms with van der Waals surface area (Å²) < 4.78 is 24.0. The van der Waals surface area contributed by atoms with E-state index in [1.165, 1.54) is 0 Å². The Morgan fingerprint density at radius 2 is 1.86 bits per heavy atom. The molecule has 3 rings (SSSR count). The molecule has 22 heavy (non-hydrogen) atoms. The van der Waals surface area contributed by atoms with Crippen LogP contribution in [0.3, 0.4) is 0 Å². The molecule has 3 heterocycles. The Balaban J connectivity index is 1.90. The molecular formula is C14H19N3O4S. The van der Waals surface area contributed by atoms with E-state index in [0.717, 1.165) is 0 Å². The van der Waals surface area contributed by atoms with Crippen LogP contribution in [-0.4, -0.2) is 71.7 Å². The van der Waals surface area contributed by atoms with Crippen molar-refractivity contribution in [1.29, 1.82) is 0 Å². The largest absolute Gasteiger partial charge is 0.357 e. The Bertz CT molecular complexity index is 683. The number of aromatic amines is 1. The molecule has 0 unspecified atom stereocenters. The maximum atomic E-state index is 12.6. The van der Waals surface area contributed by atoms with Gasteiger partial charge in [-0.05, 0) is 12.1 Å². The summed E-state index contributed by atoms with van der Waals surface area (Å²) in [5, 5.41) is 0. The third-order valence-electron chi connectivity index (χ3n) is 4.39. The van der Waals surface area contributed by atoms with E-state index in [9.17, 15) is 18.0 Å². The van der Waals surface area contributed by atoms with Crippen LogP contribution in [0.2, 0.25) is 0 Å². The van der Waals surface area contributed by atoms with E-state index in [1.54, 1.807) is 35.1 Å². The third kappa shape index (κ3) is 2.51. The fourth-order valence-corrected chi connectivity index (χ4v) is 5.32. The molecule has 0 spiro atoms. The molecule has 120 valence electrons. The minimum Gasteiger partial charge on any atom is -0.357 e. The minimum absolute atomic E-state index is 0.0564. The zero-order valence-electron chi connectivity index (χ0n) is 12.4. The van der Waals surface area contributed by atoms with E-state index in [0.29, 0.717) is 25.2 Å². The van der Waals surface area contributed by atoms with Crippen LogP contribution in [0.1, 0.15) is 23.8 Å². The summed E-state index contributed by atoms with van der Waals surface area (Å²) in [7, 11) is -3.24. The fraction of sp³-hybridized carbons (Fsp3) is 0.571. The summed E-state index contributed by atoms with van der Waals surface area (Å²) in [6.45, 7) is 2.51. The first-order valence-corrected chi connectivity index (χ1v) is 9.19. The van der Waals surface area contributed by atoms with Gasteiger partial charge in [0, 0.05) is 25.7 Å². The number of hydrogen-bond acceptors (Lipinski definition) is 4. The second-order valence-electron chi connectivity index (χ2n) is 5.73. The van der Waals surface area contributed by atoms with Crippen LogP contribution in [0.4, 0.5) is 0 Å². The first-order chi connectivity index (χ1) is 10.4. The van der Waals surface area contributed by atoms with Crippen molar-refractivity contribution < 1.29 is 18.0 Å². The van der Waals surface area contributed by atoms with Crippen molar-refractivity contribution in [2.75, 3.05) is 24.6 Å². The summed E-state index contributed by atoms with van der Waals surface area (Å²) >= 11 is 0. The van der Waals surface area contributed by atoms with Gasteiger partial charge >= 0.3 is 0 Å². The lowest BCUT2D eigenvalue weighted by Gasteiger charge is -2.43. The first kappa shape index (κ1) is 15.1. The highest BCUT2D eigenvalue weighted by atomic mass is 32.2. The number of nitrogens with one attached hydrogen (secondary N) is 1. The summed E-state index contributed by atoms with van der Waals surface area (Å²) in [4.78, 5) is 30.7. The second-order valence-corrected chi connectivity index (χ2v) is 7.89. The molecule has 1 N–H and O–H groups in total. The Kier molecular flexibility index (Phi) is 3.72. The number of rotatable bonds is 2. The molecule has 2 aliphatic rings. The normalized spacial score (nSPS) is 26.8. The Morgan fingerprint density at radius 1 is 1.23 bits per heavy atom. The number of amides is 2. The van der Waals surface area contributed by atoms with Crippen molar-refractivity contribution in [2.24, 2.45) is 0 Å². The Morgan fingerprint density at radius 3 is 2.45 bits per heavy atom. The van der Waals surface area contributed by atoms with Crippen molar-refractivity contribution >= 4 is 21.7 Å². The van der Waals surface area contributed by atoms with Gasteiger partial charge in [0.15, 0.2) is 9.84 Å². The highest BCUT2D eigenvalue weighted by molar-refractivity contribution is 7.91. The van der Waals surface area contributed by atoms with E-state index < -0.39 is 21.9 Å². The molecule has 2 fully saturated rings. The third-order valence-corrected chi connectivity index (χ3v) is 6.09. The molecule has 8 heteroatoms. The highest BCUT2D eigenvalue weighted by Crippen LogP contribution is 2.28. The highest BCUT2D eigenvalue weighted by Gasteiger charge is 2.49. The average molecular weight is 325 g/mol. The van der Waals surface area contributed by atoms with Gasteiger partial charge in [-0.2, -0.15) is 0 Å². The molecule has 1 aromatic heterocycles. The molecule has 2 atom stereocenters. The first-order valence-electron chi connectivity index (χ1n) is 7.37. The molecule has 0 saturated carbocycles. The van der Waals surface area contributed by atoms with Gasteiger partial charge in [0.25, 0.3) is 5.91 Å². The molecule has 0 aromatic carbocycles. The molecule has 7 nitrogen and oxygen atoms in total. The number of piperazine rings is 1. The number of sulfone groups is 1. The maximum absolute atomic E-state index is 12.6. The van der Waals surface area contributed by atoms with Crippen LogP contribution >= 0.6 is 0 Å². The van der Waals surface area contributed by atoms with Gasteiger partial charge in [0.05, 0.1) is 23.6 Å². The van der Waals surface area contributed by atoms with Gasteiger partial charge in [0.1, 0.15) is 5.69 Å². The Labute approximate surface area is 129 Å². The lowest BCUT2D eigenvalue weighted by molar-refractivity contribution is -0.135. The van der Waals surface area contributed by atoms with Crippen LogP contribution < -0.4 is 0 Å². The standard InChI is InChI=1S/C14H19N3O4S/c1-2-13(18)16-6-7-17(14(19)10-4-3-5-15-10)12-9-22(20,21)8-11(12)16/h3-5,11-12,15H,2,6-9H2,1H3/t11-,12+/m1/s1. The SMILES string of the molecule is CCC(=O)N1CCN(C(=O)c2ccc[nH]2)[C@H]2CS(=O)(=O)C[C@H]21. The topological polar surface area (TPSA) is 90.6 Å². The number of hydrogen-bond donors (Lipinski definition) is 1. The van der Waals surface area contributed by atoms with Crippen LogP contribution in [0.25, 0.3) is 0 Å². The molecule has 2 saturated heterocycles. The van der Waals surface area contributed by atoms with Gasteiger partial charge in [-0.25, -0.2) is 8.42 Å². The molecule has 2 aliphatic heterocycles. The number of fused-ring (bicyclic) bond motifs is 1. The zero-order valence-corrected chi connectivity index (χ0v) is 13.2. The van der Waals surface area contributed by atoms with Gasteiger partial charge in [-0.1, -0.05) is 6.92 Å². The molecular weight excluding hydrogens is 306 g/mol. The van der Waals surface area contributed by atoms with Gasteiger partial charge < -0.3 is 14.8 Å². The number of aromatic nitrogens is 1. The van der Waals surface area contributed by atoms with Gasteiger partial charge in [-0.15, -0.1) is 0 Å². The van der Waals surface area contributed by atoms with Crippen LogP contribution in [0.15, 0.2) is 18.3 Å². The summed E-state index contributed by atoms with van der Waals surface area (Å²) in [5.41, 5.74) is 0.443. The smallest absolute Gasteiger partial charge is 0.270 e. The van der Waals surface area contributed by atoms with Crippen LogP contribution in [-0.2, 0) is 14.6 Å². The van der Waals surface area contributed by atoms with Crippen LogP contribution in [0.5, 0.6) is 0 Å². The van der Waals surface area contributed by atoms with Crippen molar-refractivity contribution in [3.05, 3.63) is 24.0 Å². The van der Waals surface area contributed by atoms with E-state index in [4.69, 9.17) is 0 Å². The van der Waals surface area contributed by atoms with Crippen molar-refractivity contribution in [2.45, 2.75) is 25.4 Å². The Hall–Kier alpha value is -1.83. The zero-order chi connectivity index (χ0) is 15.9. The molecule has 0 radical (unpaired) electrons. The summed E-state index contributed by atoms with van der Waals surface area (Å²) in [6, 6.07) is 2.52. The minimum atomic E-state index is -3.24. The van der Waals surface area contributed by atoms with E-state index in [-0.39, 0.29) is 23.3 Å². The maximum Gasteiger partial charge on any atom is 0.270 e. The predicted octanol–water partition coefficient (Wildman–Crippen LogP) is -0.125. The van der Waals surface area contributed by atoms with E-state index in [2.05, 4.69) is 4.98 Å². The van der Waals surface area contributed by atoms with Crippen LogP contribution in [0, 0.1) is 0 Å². The number of carbonyl (C=O) groups excluding carboxylic acids is 2. The second kappa shape index (κ2) is 5.42. The molecule has 0 aliphatic carbocycles. The van der Waals surface area contributed by atoms with Crippen molar-refractivity contribution in [1.82, 2.24) is 14.8 Å². The number of carbonyl (C=O) groups is 2.